The van der Waals surface area contributed by atoms with Gasteiger partial charge < -0.3 is 10.4 Å². The molecule has 1 amide bonds. The first-order valence-electron chi connectivity index (χ1n) is 5.93. The molecule has 2 N–H and O–H groups in total. The molecule has 1 atom stereocenters. The lowest BCUT2D eigenvalue weighted by Crippen LogP contribution is -2.25. The highest BCUT2D eigenvalue weighted by Crippen LogP contribution is 2.05. The van der Waals surface area contributed by atoms with Gasteiger partial charge in [0.25, 0.3) is 5.91 Å². The highest BCUT2D eigenvalue weighted by atomic mass is 16.4. The molecule has 98 valence electrons. The Morgan fingerprint density at radius 3 is 2.78 bits per heavy atom. The molecule has 0 aliphatic heterocycles. The van der Waals surface area contributed by atoms with Crippen molar-refractivity contribution in [3.05, 3.63) is 29.6 Å². The molecule has 0 fully saturated rings. The zero-order valence-corrected chi connectivity index (χ0v) is 10.6. The molecule has 1 unspecified atom stereocenters. The van der Waals surface area contributed by atoms with E-state index in [1.807, 2.05) is 6.92 Å². The summed E-state index contributed by atoms with van der Waals surface area (Å²) < 4.78 is 0. The first-order chi connectivity index (χ1) is 8.50. The maximum absolute atomic E-state index is 11.7. The van der Waals surface area contributed by atoms with Crippen molar-refractivity contribution in [3.63, 3.8) is 0 Å². The van der Waals surface area contributed by atoms with Crippen LogP contribution in [0.1, 0.15) is 35.7 Å². The number of carboxylic acids is 1. The molecule has 0 aromatic carbocycles. The summed E-state index contributed by atoms with van der Waals surface area (Å²) in [6.07, 6.45) is 4.41. The van der Waals surface area contributed by atoms with Gasteiger partial charge in [-0.1, -0.05) is 6.92 Å². The Morgan fingerprint density at radius 2 is 2.17 bits per heavy atom. The number of carbonyl (C=O) groups is 2. The summed E-state index contributed by atoms with van der Waals surface area (Å²) in [5.41, 5.74) is 1.46. The average molecular weight is 250 g/mol. The van der Waals surface area contributed by atoms with Crippen LogP contribution in [0.4, 0.5) is 0 Å². The second-order valence-corrected chi connectivity index (χ2v) is 4.39. The molecule has 0 saturated carbocycles. The average Bonchev–Trinajstić information content (AvgIpc) is 2.33. The van der Waals surface area contributed by atoms with Crippen LogP contribution in [0.2, 0.25) is 0 Å². The molecule has 0 radical (unpaired) electrons. The van der Waals surface area contributed by atoms with E-state index >= 15 is 0 Å². The van der Waals surface area contributed by atoms with E-state index in [1.54, 1.807) is 19.2 Å². The van der Waals surface area contributed by atoms with Crippen molar-refractivity contribution in [1.29, 1.82) is 0 Å². The molecule has 0 aliphatic carbocycles. The highest BCUT2D eigenvalue weighted by Gasteiger charge is 2.10. The van der Waals surface area contributed by atoms with Gasteiger partial charge in [0.05, 0.1) is 11.5 Å². The van der Waals surface area contributed by atoms with Gasteiger partial charge in [-0.05, 0) is 31.4 Å². The van der Waals surface area contributed by atoms with Gasteiger partial charge in [0.2, 0.25) is 0 Å². The lowest BCUT2D eigenvalue weighted by Gasteiger charge is -2.07. The molecule has 5 nitrogen and oxygen atoms in total. The lowest BCUT2D eigenvalue weighted by atomic mass is 10.1. The second kappa shape index (κ2) is 6.74. The topological polar surface area (TPSA) is 79.3 Å². The number of hydrogen-bond donors (Lipinski definition) is 2. The van der Waals surface area contributed by atoms with Gasteiger partial charge in [-0.25, -0.2) is 0 Å². The molecule has 1 rings (SSSR count). The Labute approximate surface area is 106 Å². The van der Waals surface area contributed by atoms with Gasteiger partial charge in [-0.3, -0.25) is 14.6 Å². The normalized spacial score (nSPS) is 11.9. The van der Waals surface area contributed by atoms with E-state index in [9.17, 15) is 9.59 Å². The summed E-state index contributed by atoms with van der Waals surface area (Å²) in [6, 6.07) is 1.77. The molecular formula is C13H18N2O3. The van der Waals surface area contributed by atoms with Gasteiger partial charge in [-0.2, -0.15) is 0 Å². The fourth-order valence-corrected chi connectivity index (χ4v) is 1.51. The van der Waals surface area contributed by atoms with Crippen molar-refractivity contribution in [3.8, 4) is 0 Å². The zero-order chi connectivity index (χ0) is 13.5. The predicted molar refractivity (Wildman–Crippen MR) is 67.3 cm³/mol. The maximum Gasteiger partial charge on any atom is 0.306 e. The summed E-state index contributed by atoms with van der Waals surface area (Å²) in [7, 11) is 0. The third kappa shape index (κ3) is 4.53. The van der Waals surface area contributed by atoms with Gasteiger partial charge in [0, 0.05) is 18.9 Å². The number of carboxylic acid groups (broad SMARTS) is 1. The molecule has 0 bridgehead atoms. The highest BCUT2D eigenvalue weighted by molar-refractivity contribution is 5.93. The number of hydrogen-bond acceptors (Lipinski definition) is 3. The SMILES string of the molecule is Cc1cncc(C(=O)NCCCC(C)C(=O)O)c1. The Bertz CT molecular complexity index is 432. The summed E-state index contributed by atoms with van der Waals surface area (Å²) in [6.45, 7) is 4.01. The van der Waals surface area contributed by atoms with Gasteiger partial charge in [0.1, 0.15) is 0 Å². The largest absolute Gasteiger partial charge is 0.481 e. The van der Waals surface area contributed by atoms with Crippen LogP contribution in [0.25, 0.3) is 0 Å². The van der Waals surface area contributed by atoms with E-state index in [1.165, 1.54) is 6.20 Å². The molecule has 1 aromatic rings. The van der Waals surface area contributed by atoms with E-state index in [4.69, 9.17) is 5.11 Å². The summed E-state index contributed by atoms with van der Waals surface area (Å²) in [5.74, 6) is -1.35. The van der Waals surface area contributed by atoms with Crippen LogP contribution < -0.4 is 5.32 Å². The first kappa shape index (κ1) is 14.2. The van der Waals surface area contributed by atoms with E-state index < -0.39 is 5.97 Å². The Hall–Kier alpha value is -1.91. The van der Waals surface area contributed by atoms with E-state index in [0.717, 1.165) is 5.56 Å². The van der Waals surface area contributed by atoms with Crippen LogP contribution in [-0.2, 0) is 4.79 Å². The zero-order valence-electron chi connectivity index (χ0n) is 10.6. The minimum atomic E-state index is -0.802. The molecule has 0 saturated heterocycles. The van der Waals surface area contributed by atoms with E-state index in [2.05, 4.69) is 10.3 Å². The monoisotopic (exact) mass is 250 g/mol. The lowest BCUT2D eigenvalue weighted by molar-refractivity contribution is -0.141. The molecule has 5 heteroatoms. The molecule has 0 spiro atoms. The van der Waals surface area contributed by atoms with Crippen LogP contribution >= 0.6 is 0 Å². The minimum Gasteiger partial charge on any atom is -0.481 e. The van der Waals surface area contributed by atoms with E-state index in [0.29, 0.717) is 24.9 Å². The fraction of sp³-hybridized carbons (Fsp3) is 0.462. The third-order valence-electron chi connectivity index (χ3n) is 2.66. The quantitative estimate of drug-likeness (QED) is 0.752. The first-order valence-corrected chi connectivity index (χ1v) is 5.93. The smallest absolute Gasteiger partial charge is 0.306 e. The van der Waals surface area contributed by atoms with Crippen molar-refractivity contribution in [2.45, 2.75) is 26.7 Å². The third-order valence-corrected chi connectivity index (χ3v) is 2.66. The molecule has 1 aromatic heterocycles. The number of aliphatic carboxylic acids is 1. The van der Waals surface area contributed by atoms with Crippen LogP contribution in [0.5, 0.6) is 0 Å². The number of nitrogens with one attached hydrogen (secondary N) is 1. The Balaban J connectivity index is 2.32. The Morgan fingerprint density at radius 1 is 1.44 bits per heavy atom. The number of amides is 1. The minimum absolute atomic E-state index is 0.172. The molecule has 18 heavy (non-hydrogen) atoms. The number of nitrogens with zero attached hydrogens (tertiary/aromatic N) is 1. The summed E-state index contributed by atoms with van der Waals surface area (Å²) in [4.78, 5) is 26.2. The van der Waals surface area contributed by atoms with Crippen molar-refractivity contribution in [2.24, 2.45) is 5.92 Å². The fourth-order valence-electron chi connectivity index (χ4n) is 1.51. The van der Waals surface area contributed by atoms with Crippen molar-refractivity contribution >= 4 is 11.9 Å². The number of pyridine rings is 1. The number of aryl methyl sites for hydroxylation is 1. The standard InChI is InChI=1S/C13H18N2O3/c1-9-6-11(8-14-7-9)12(16)15-5-3-4-10(2)13(17)18/h6-8,10H,3-5H2,1-2H3,(H,15,16)(H,17,18). The maximum atomic E-state index is 11.7. The molecular weight excluding hydrogens is 232 g/mol. The van der Waals surface area contributed by atoms with Crippen LogP contribution in [0.15, 0.2) is 18.5 Å². The van der Waals surface area contributed by atoms with Crippen LogP contribution in [0.3, 0.4) is 0 Å². The van der Waals surface area contributed by atoms with Crippen molar-refractivity contribution in [1.82, 2.24) is 10.3 Å². The van der Waals surface area contributed by atoms with Crippen molar-refractivity contribution < 1.29 is 14.7 Å². The van der Waals surface area contributed by atoms with Crippen LogP contribution in [0, 0.1) is 12.8 Å². The Kier molecular flexibility index (Phi) is 5.30. The second-order valence-electron chi connectivity index (χ2n) is 4.39. The van der Waals surface area contributed by atoms with Gasteiger partial charge in [0.15, 0.2) is 0 Å². The van der Waals surface area contributed by atoms with Gasteiger partial charge in [-0.15, -0.1) is 0 Å². The number of carbonyl (C=O) groups excluding carboxylic acids is 1. The predicted octanol–water partition coefficient (Wildman–Crippen LogP) is 1.62. The summed E-state index contributed by atoms with van der Waals surface area (Å²) >= 11 is 0. The van der Waals surface area contributed by atoms with E-state index in [-0.39, 0.29) is 11.8 Å². The summed E-state index contributed by atoms with van der Waals surface area (Å²) in [5, 5.41) is 11.5. The van der Waals surface area contributed by atoms with Crippen molar-refractivity contribution in [2.75, 3.05) is 6.54 Å². The number of rotatable bonds is 6. The van der Waals surface area contributed by atoms with Gasteiger partial charge >= 0.3 is 5.97 Å². The molecule has 1 heterocycles. The van der Waals surface area contributed by atoms with Crippen LogP contribution in [-0.4, -0.2) is 28.5 Å². The number of aromatic nitrogens is 1. The molecule has 0 aliphatic rings.